The first kappa shape index (κ1) is 32.5. The summed E-state index contributed by atoms with van der Waals surface area (Å²) in [5.41, 5.74) is -7.21. The van der Waals surface area contributed by atoms with Crippen LogP contribution in [0.15, 0.2) is 64.7 Å². The van der Waals surface area contributed by atoms with Crippen LogP contribution >= 0.6 is 0 Å². The number of nitrogens with zero attached hydrogens (tertiary/aromatic N) is 3. The molecule has 13 heteroatoms. The molecule has 1 aliphatic carbocycles. The highest BCUT2D eigenvalue weighted by molar-refractivity contribution is 5.93. The number of likely N-dealkylation sites (N-methyl/N-ethyl adjacent to an activating group) is 1. The van der Waals surface area contributed by atoms with E-state index >= 15 is 13.2 Å². The topological polar surface area (TPSA) is 102 Å². The number of carbonyl (C=O) groups is 2. The van der Waals surface area contributed by atoms with Crippen LogP contribution in [0, 0.1) is 19.3 Å². The molecule has 1 aromatic heterocycles. The molecule has 8 nitrogen and oxygen atoms in total. The predicted octanol–water partition coefficient (Wildman–Crippen LogP) is 6.00. The molecule has 3 aromatic rings. The largest absolute Gasteiger partial charge is 0.478 e. The zero-order valence-corrected chi connectivity index (χ0v) is 24.8. The van der Waals surface area contributed by atoms with Gasteiger partial charge in [-0.2, -0.15) is 0 Å². The first-order chi connectivity index (χ1) is 20.4. The second kappa shape index (κ2) is 11.3. The normalized spacial score (nSPS) is 20.9. The second-order valence-electron chi connectivity index (χ2n) is 11.6. The molecule has 0 bridgehead atoms. The summed E-state index contributed by atoms with van der Waals surface area (Å²) in [6, 6.07) is 9.01. The van der Waals surface area contributed by atoms with Gasteiger partial charge in [0.05, 0.1) is 21.9 Å². The van der Waals surface area contributed by atoms with E-state index in [0.717, 1.165) is 23.7 Å². The van der Waals surface area contributed by atoms with Crippen LogP contribution in [-0.4, -0.2) is 50.0 Å². The fraction of sp³-hybridized carbons (Fsp3) is 0.355. The van der Waals surface area contributed by atoms with E-state index < -0.39 is 76.3 Å². The summed E-state index contributed by atoms with van der Waals surface area (Å²) in [6.45, 7) is 6.84. The standard InChI is InChI=1S/C31H30F5N3O5/c1-16-12-21-20(26(40)39(17(2)37-21)15-44-28(43)29(3,4)5)13-19(16)14-38(6)31(36)22(18-10-8-7-9-11-18)23(32)24(33)25(34)30(31,35)27(41)42/h7-13H,14-15H2,1-6H3,(H,41,42). The minimum atomic E-state index is -4.69. The predicted molar refractivity (Wildman–Crippen MR) is 152 cm³/mol. The monoisotopic (exact) mass is 619 g/mol. The number of aromatic nitrogens is 2. The van der Waals surface area contributed by atoms with Crippen LogP contribution in [0.3, 0.4) is 0 Å². The zero-order chi connectivity index (χ0) is 32.9. The van der Waals surface area contributed by atoms with E-state index in [1.165, 1.54) is 37.3 Å². The highest BCUT2D eigenvalue weighted by Gasteiger charge is 2.71. The lowest BCUT2D eigenvalue weighted by atomic mass is 9.77. The van der Waals surface area contributed by atoms with E-state index in [4.69, 9.17) is 4.74 Å². The SMILES string of the molecule is Cc1cc2nc(C)n(COC(=O)C(C)(C)C)c(=O)c2cc1CN(C)C1(F)C(c2ccccc2)=C(F)C(F)=C(F)C1(F)C(=O)O. The summed E-state index contributed by atoms with van der Waals surface area (Å²) in [7, 11) is 0.880. The molecule has 2 atom stereocenters. The average Bonchev–Trinajstić information content (AvgIpc) is 2.95. The lowest BCUT2D eigenvalue weighted by Gasteiger charge is -2.45. The fourth-order valence-electron chi connectivity index (χ4n) is 4.99. The van der Waals surface area contributed by atoms with Gasteiger partial charge in [0.1, 0.15) is 5.82 Å². The van der Waals surface area contributed by atoms with Crippen molar-refractivity contribution >= 4 is 28.4 Å². The Hall–Kier alpha value is -4.39. The Morgan fingerprint density at radius 2 is 1.66 bits per heavy atom. The molecule has 0 radical (unpaired) electrons. The first-order valence-corrected chi connectivity index (χ1v) is 13.4. The maximum Gasteiger partial charge on any atom is 0.354 e. The Morgan fingerprint density at radius 3 is 2.23 bits per heavy atom. The van der Waals surface area contributed by atoms with Gasteiger partial charge in [-0.3, -0.25) is 19.1 Å². The third-order valence-corrected chi connectivity index (χ3v) is 7.53. The number of rotatable bonds is 7. The molecular formula is C31H30F5N3O5. The number of esters is 1. The van der Waals surface area contributed by atoms with Gasteiger partial charge in [0.15, 0.2) is 24.2 Å². The molecule has 0 aliphatic heterocycles. The van der Waals surface area contributed by atoms with Crippen LogP contribution in [0.25, 0.3) is 16.5 Å². The summed E-state index contributed by atoms with van der Waals surface area (Å²) >= 11 is 0. The molecule has 44 heavy (non-hydrogen) atoms. The number of hydrogen-bond donors (Lipinski definition) is 1. The van der Waals surface area contributed by atoms with Gasteiger partial charge in [-0.1, -0.05) is 30.3 Å². The van der Waals surface area contributed by atoms with E-state index in [1.807, 2.05) is 0 Å². The molecular weight excluding hydrogens is 589 g/mol. The van der Waals surface area contributed by atoms with Crippen LogP contribution in [0.1, 0.15) is 43.3 Å². The van der Waals surface area contributed by atoms with Gasteiger partial charge in [-0.05, 0) is 70.5 Å². The van der Waals surface area contributed by atoms with E-state index in [9.17, 15) is 28.3 Å². The summed E-state index contributed by atoms with van der Waals surface area (Å²) in [5.74, 6) is -14.5. The molecule has 0 saturated carbocycles. The quantitative estimate of drug-likeness (QED) is 0.197. The molecule has 0 fully saturated rings. The van der Waals surface area contributed by atoms with Crippen molar-refractivity contribution in [2.75, 3.05) is 7.05 Å². The fourth-order valence-corrected chi connectivity index (χ4v) is 4.99. The highest BCUT2D eigenvalue weighted by atomic mass is 19.2. The Kier molecular flexibility index (Phi) is 8.33. The number of fused-ring (bicyclic) bond motifs is 1. The molecule has 234 valence electrons. The van der Waals surface area contributed by atoms with Crippen LogP contribution < -0.4 is 5.56 Å². The summed E-state index contributed by atoms with van der Waals surface area (Å²) in [6.07, 6.45) is 0. The first-order valence-electron chi connectivity index (χ1n) is 13.4. The van der Waals surface area contributed by atoms with Crippen molar-refractivity contribution in [3.8, 4) is 0 Å². The van der Waals surface area contributed by atoms with Crippen molar-refractivity contribution in [2.45, 2.75) is 59.4 Å². The number of aliphatic carboxylic acids is 1. The van der Waals surface area contributed by atoms with Crippen molar-refractivity contribution < 1.29 is 41.4 Å². The van der Waals surface area contributed by atoms with Gasteiger partial charge >= 0.3 is 17.6 Å². The smallest absolute Gasteiger partial charge is 0.354 e. The van der Waals surface area contributed by atoms with Crippen LogP contribution in [0.5, 0.6) is 0 Å². The number of alkyl halides is 2. The maximum absolute atomic E-state index is 17.2. The number of ether oxygens (including phenoxy) is 1. The van der Waals surface area contributed by atoms with E-state index in [-0.39, 0.29) is 22.3 Å². The van der Waals surface area contributed by atoms with E-state index in [1.54, 1.807) is 27.7 Å². The molecule has 0 saturated heterocycles. The lowest BCUT2D eigenvalue weighted by Crippen LogP contribution is -2.64. The third-order valence-electron chi connectivity index (χ3n) is 7.53. The van der Waals surface area contributed by atoms with Gasteiger partial charge < -0.3 is 9.84 Å². The highest BCUT2D eigenvalue weighted by Crippen LogP contribution is 2.55. The number of allylic oxidation sites excluding steroid dienone is 2. The average molecular weight is 620 g/mol. The number of aryl methyl sites for hydroxylation is 2. The van der Waals surface area contributed by atoms with Crippen molar-refractivity contribution in [1.82, 2.24) is 14.5 Å². The molecule has 2 aromatic carbocycles. The lowest BCUT2D eigenvalue weighted by molar-refractivity contribution is -0.170. The van der Waals surface area contributed by atoms with Crippen molar-refractivity contribution in [3.05, 3.63) is 92.8 Å². The van der Waals surface area contributed by atoms with Gasteiger partial charge in [0.25, 0.3) is 5.56 Å². The third kappa shape index (κ3) is 5.08. The van der Waals surface area contributed by atoms with Crippen LogP contribution in [-0.2, 0) is 27.6 Å². The molecule has 2 unspecified atom stereocenters. The van der Waals surface area contributed by atoms with Gasteiger partial charge in [0.2, 0.25) is 5.79 Å². The number of carboxylic acids is 1. The molecule has 1 aliphatic rings. The molecule has 0 spiro atoms. The molecule has 1 N–H and O–H groups in total. The maximum atomic E-state index is 17.2. The van der Waals surface area contributed by atoms with E-state index in [0.29, 0.717) is 10.5 Å². The molecule has 0 amide bonds. The minimum absolute atomic E-state index is 0.0140. The van der Waals surface area contributed by atoms with Gasteiger partial charge in [0, 0.05) is 6.54 Å². The van der Waals surface area contributed by atoms with Crippen LogP contribution in [0.4, 0.5) is 22.0 Å². The Balaban J connectivity index is 1.85. The number of benzene rings is 2. The Bertz CT molecular complexity index is 1800. The van der Waals surface area contributed by atoms with Crippen LogP contribution in [0.2, 0.25) is 0 Å². The Morgan fingerprint density at radius 1 is 1.05 bits per heavy atom. The number of carboxylic acid groups (broad SMARTS) is 1. The van der Waals surface area contributed by atoms with E-state index in [2.05, 4.69) is 4.98 Å². The zero-order valence-electron chi connectivity index (χ0n) is 24.8. The Labute approximate surface area is 249 Å². The van der Waals surface area contributed by atoms with Crippen molar-refractivity contribution in [1.29, 1.82) is 0 Å². The number of carbonyl (C=O) groups excluding carboxylic acids is 1. The van der Waals surface area contributed by atoms with Gasteiger partial charge in [-0.15, -0.1) is 0 Å². The second-order valence-corrected chi connectivity index (χ2v) is 11.6. The number of hydrogen-bond acceptors (Lipinski definition) is 6. The summed E-state index contributed by atoms with van der Waals surface area (Å²) in [5, 5.41) is 9.69. The van der Waals surface area contributed by atoms with Crippen molar-refractivity contribution in [2.24, 2.45) is 5.41 Å². The summed E-state index contributed by atoms with van der Waals surface area (Å²) < 4.78 is 84.6. The molecule has 1 heterocycles. The number of halogens is 5. The van der Waals surface area contributed by atoms with Gasteiger partial charge in [-0.25, -0.2) is 31.7 Å². The van der Waals surface area contributed by atoms with Crippen molar-refractivity contribution in [3.63, 3.8) is 0 Å². The summed E-state index contributed by atoms with van der Waals surface area (Å²) in [4.78, 5) is 42.6. The minimum Gasteiger partial charge on any atom is -0.478 e. The molecule has 4 rings (SSSR count).